The molecule has 4 heteroatoms. The van der Waals surface area contributed by atoms with Gasteiger partial charge < -0.3 is 10.3 Å². The first-order chi connectivity index (χ1) is 7.29. The fraction of sp³-hybridized carbons (Fsp3) is 0.636. The van der Waals surface area contributed by atoms with Crippen molar-refractivity contribution >= 4 is 0 Å². The summed E-state index contributed by atoms with van der Waals surface area (Å²) in [4.78, 5) is 18.7. The molecule has 0 spiro atoms. The smallest absolute Gasteiger partial charge is 0.251 e. The minimum absolute atomic E-state index is 0.0157. The average molecular weight is 207 g/mol. The zero-order valence-electron chi connectivity index (χ0n) is 9.05. The van der Waals surface area contributed by atoms with Crippen molar-refractivity contribution < 1.29 is 0 Å². The predicted octanol–water partition coefficient (Wildman–Crippen LogP) is 0.799. The summed E-state index contributed by atoms with van der Waals surface area (Å²) < 4.78 is 0. The molecule has 1 aliphatic rings. The predicted molar refractivity (Wildman–Crippen MR) is 59.1 cm³/mol. The first-order valence-corrected chi connectivity index (χ1v) is 5.54. The normalized spacial score (nSPS) is 16.3. The van der Waals surface area contributed by atoms with E-state index >= 15 is 0 Å². The molecule has 2 rings (SSSR count). The summed E-state index contributed by atoms with van der Waals surface area (Å²) in [5.41, 5.74) is 0.967. The molecule has 0 aliphatic heterocycles. The molecule has 1 saturated carbocycles. The first-order valence-electron chi connectivity index (χ1n) is 5.54. The van der Waals surface area contributed by atoms with Crippen LogP contribution in [0.4, 0.5) is 0 Å². The lowest BCUT2D eigenvalue weighted by Crippen LogP contribution is -2.20. The third-order valence-electron chi connectivity index (χ3n) is 2.95. The lowest BCUT2D eigenvalue weighted by atomic mass is 9.83. The minimum atomic E-state index is -0.0157. The van der Waals surface area contributed by atoms with Crippen molar-refractivity contribution in [2.75, 3.05) is 13.6 Å². The van der Waals surface area contributed by atoms with Crippen LogP contribution in [0.5, 0.6) is 0 Å². The van der Waals surface area contributed by atoms with E-state index in [1.165, 1.54) is 19.3 Å². The molecule has 1 aromatic rings. The van der Waals surface area contributed by atoms with Crippen LogP contribution in [0.15, 0.2) is 10.9 Å². The van der Waals surface area contributed by atoms with Gasteiger partial charge in [0.1, 0.15) is 5.82 Å². The molecule has 1 fully saturated rings. The van der Waals surface area contributed by atoms with Gasteiger partial charge in [0, 0.05) is 24.9 Å². The van der Waals surface area contributed by atoms with Crippen LogP contribution in [0.3, 0.4) is 0 Å². The molecule has 1 aliphatic carbocycles. The Bertz CT molecular complexity index is 382. The highest BCUT2D eigenvalue weighted by atomic mass is 16.1. The monoisotopic (exact) mass is 207 g/mol. The van der Waals surface area contributed by atoms with Gasteiger partial charge in [0.15, 0.2) is 0 Å². The summed E-state index contributed by atoms with van der Waals surface area (Å²) in [6.45, 7) is 0.844. The maximum Gasteiger partial charge on any atom is 0.251 e. The standard InChI is InChI=1S/C11H17N3O/c1-12-6-5-10-13-9(7-11(15)14-10)8-3-2-4-8/h7-8,12H,2-6H2,1H3,(H,13,14,15). The molecule has 4 nitrogen and oxygen atoms in total. The van der Waals surface area contributed by atoms with Gasteiger partial charge >= 0.3 is 0 Å². The maximum absolute atomic E-state index is 11.4. The molecule has 0 aromatic carbocycles. The zero-order chi connectivity index (χ0) is 10.7. The molecule has 15 heavy (non-hydrogen) atoms. The highest BCUT2D eigenvalue weighted by Gasteiger charge is 2.21. The van der Waals surface area contributed by atoms with Crippen LogP contribution in [-0.4, -0.2) is 23.6 Å². The summed E-state index contributed by atoms with van der Waals surface area (Å²) >= 11 is 0. The van der Waals surface area contributed by atoms with Crippen molar-refractivity contribution in [1.29, 1.82) is 0 Å². The number of rotatable bonds is 4. The Morgan fingerprint density at radius 1 is 1.60 bits per heavy atom. The Hall–Kier alpha value is -1.16. The van der Waals surface area contributed by atoms with Crippen molar-refractivity contribution in [3.63, 3.8) is 0 Å². The zero-order valence-corrected chi connectivity index (χ0v) is 9.05. The van der Waals surface area contributed by atoms with Crippen LogP contribution < -0.4 is 10.9 Å². The van der Waals surface area contributed by atoms with Crippen molar-refractivity contribution in [2.45, 2.75) is 31.6 Å². The Morgan fingerprint density at radius 3 is 3.00 bits per heavy atom. The van der Waals surface area contributed by atoms with Crippen LogP contribution in [0.25, 0.3) is 0 Å². The van der Waals surface area contributed by atoms with E-state index in [-0.39, 0.29) is 5.56 Å². The molecule has 1 aromatic heterocycles. The third-order valence-corrected chi connectivity index (χ3v) is 2.95. The summed E-state index contributed by atoms with van der Waals surface area (Å²) in [6, 6.07) is 1.65. The largest absolute Gasteiger partial charge is 0.319 e. The first kappa shape index (κ1) is 10.4. The van der Waals surface area contributed by atoms with Gasteiger partial charge in [0.25, 0.3) is 5.56 Å². The number of hydrogen-bond donors (Lipinski definition) is 2. The Kier molecular flexibility index (Phi) is 3.16. The third kappa shape index (κ3) is 2.45. The molecule has 1 heterocycles. The number of likely N-dealkylation sites (N-methyl/N-ethyl adjacent to an activating group) is 1. The number of aromatic amines is 1. The summed E-state index contributed by atoms with van der Waals surface area (Å²) in [5.74, 6) is 1.33. The lowest BCUT2D eigenvalue weighted by Gasteiger charge is -2.24. The molecule has 2 N–H and O–H groups in total. The van der Waals surface area contributed by atoms with Crippen LogP contribution >= 0.6 is 0 Å². The van der Waals surface area contributed by atoms with Gasteiger partial charge in [0.2, 0.25) is 0 Å². The molecule has 82 valence electrons. The Labute approximate surface area is 89.1 Å². The van der Waals surface area contributed by atoms with Gasteiger partial charge in [-0.2, -0.15) is 0 Å². The molecule has 0 atom stereocenters. The summed E-state index contributed by atoms with van der Waals surface area (Å²) in [5, 5.41) is 3.05. The van der Waals surface area contributed by atoms with Crippen molar-refractivity contribution in [3.05, 3.63) is 27.9 Å². The van der Waals surface area contributed by atoms with Crippen molar-refractivity contribution in [1.82, 2.24) is 15.3 Å². The van der Waals surface area contributed by atoms with Crippen molar-refractivity contribution in [2.24, 2.45) is 0 Å². The average Bonchev–Trinajstić information content (AvgIpc) is 2.11. The molecular formula is C11H17N3O. The second kappa shape index (κ2) is 4.57. The number of nitrogens with one attached hydrogen (secondary N) is 2. The highest BCUT2D eigenvalue weighted by molar-refractivity contribution is 5.11. The maximum atomic E-state index is 11.4. The van der Waals surface area contributed by atoms with E-state index in [0.717, 1.165) is 24.5 Å². The van der Waals surface area contributed by atoms with E-state index in [2.05, 4.69) is 15.3 Å². The molecular weight excluding hydrogens is 190 g/mol. The molecule has 0 amide bonds. The number of H-pyrrole nitrogens is 1. The quantitative estimate of drug-likeness (QED) is 0.767. The van der Waals surface area contributed by atoms with Crippen LogP contribution in [0.2, 0.25) is 0 Å². The van der Waals surface area contributed by atoms with Gasteiger partial charge in [-0.05, 0) is 19.9 Å². The topological polar surface area (TPSA) is 57.8 Å². The molecule has 0 radical (unpaired) electrons. The Balaban J connectivity index is 2.16. The van der Waals surface area contributed by atoms with E-state index in [1.807, 2.05) is 7.05 Å². The van der Waals surface area contributed by atoms with Crippen molar-refractivity contribution in [3.8, 4) is 0 Å². The highest BCUT2D eigenvalue weighted by Crippen LogP contribution is 2.34. The fourth-order valence-electron chi connectivity index (χ4n) is 1.80. The van der Waals surface area contributed by atoms with Gasteiger partial charge in [-0.15, -0.1) is 0 Å². The molecule has 0 saturated heterocycles. The lowest BCUT2D eigenvalue weighted by molar-refractivity contribution is 0.409. The number of hydrogen-bond acceptors (Lipinski definition) is 3. The molecule has 0 unspecified atom stereocenters. The van der Waals surface area contributed by atoms with Crippen LogP contribution in [-0.2, 0) is 6.42 Å². The van der Waals surface area contributed by atoms with E-state index < -0.39 is 0 Å². The minimum Gasteiger partial charge on any atom is -0.319 e. The van der Waals surface area contributed by atoms with E-state index in [1.54, 1.807) is 6.07 Å². The second-order valence-corrected chi connectivity index (χ2v) is 4.10. The fourth-order valence-corrected chi connectivity index (χ4v) is 1.80. The van der Waals surface area contributed by atoms with E-state index in [0.29, 0.717) is 5.92 Å². The SMILES string of the molecule is CNCCc1nc(C2CCC2)cc(=O)[nH]1. The second-order valence-electron chi connectivity index (χ2n) is 4.10. The van der Waals surface area contributed by atoms with Gasteiger partial charge in [-0.1, -0.05) is 6.42 Å². The van der Waals surface area contributed by atoms with Crippen LogP contribution in [0.1, 0.15) is 36.7 Å². The van der Waals surface area contributed by atoms with Gasteiger partial charge in [0.05, 0.1) is 5.69 Å². The number of nitrogens with zero attached hydrogens (tertiary/aromatic N) is 1. The van der Waals surface area contributed by atoms with Crippen LogP contribution in [0, 0.1) is 0 Å². The van der Waals surface area contributed by atoms with E-state index in [9.17, 15) is 4.79 Å². The summed E-state index contributed by atoms with van der Waals surface area (Å²) in [7, 11) is 1.90. The number of aromatic nitrogens is 2. The van der Waals surface area contributed by atoms with E-state index in [4.69, 9.17) is 0 Å². The molecule has 0 bridgehead atoms. The van der Waals surface area contributed by atoms with Gasteiger partial charge in [-0.25, -0.2) is 4.98 Å². The summed E-state index contributed by atoms with van der Waals surface area (Å²) in [6.07, 6.45) is 4.42. The van der Waals surface area contributed by atoms with Gasteiger partial charge in [-0.3, -0.25) is 4.79 Å². The Morgan fingerprint density at radius 2 is 2.40 bits per heavy atom.